The first kappa shape index (κ1) is 19.6. The van der Waals surface area contributed by atoms with Gasteiger partial charge < -0.3 is 17.7 Å². The number of rotatable bonds is 13. The third-order valence-electron chi connectivity index (χ3n) is 3.25. The second-order valence-electron chi connectivity index (χ2n) is 5.05. The van der Waals surface area contributed by atoms with E-state index in [2.05, 4.69) is 19.2 Å². The quantitative estimate of drug-likeness (QED) is 0.476. The maximum Gasteiger partial charge on any atom is 0.0755 e. The molecule has 1 nitrogen and oxygen atoms in total. The van der Waals surface area contributed by atoms with Gasteiger partial charge in [0.2, 0.25) is 0 Å². The van der Waals surface area contributed by atoms with E-state index in [1.807, 2.05) is 0 Å². The molecule has 0 aromatic rings. The molecule has 0 radical (unpaired) electrons. The normalized spacial score (nSPS) is 10.2. The molecule has 106 valence electrons. The zero-order valence-corrected chi connectivity index (χ0v) is 12.9. The van der Waals surface area contributed by atoms with Crippen LogP contribution in [-0.2, 0) is 0 Å². The van der Waals surface area contributed by atoms with Crippen molar-refractivity contribution in [2.75, 3.05) is 13.1 Å². The summed E-state index contributed by atoms with van der Waals surface area (Å²) in [6.45, 7) is 7.21. The lowest BCUT2D eigenvalue weighted by Crippen LogP contribution is -3.00. The summed E-state index contributed by atoms with van der Waals surface area (Å²) in [4.78, 5) is 0. The summed E-state index contributed by atoms with van der Waals surface area (Å²) in [7, 11) is 0. The van der Waals surface area contributed by atoms with Gasteiger partial charge in [-0.15, -0.1) is 0 Å². The van der Waals surface area contributed by atoms with Crippen LogP contribution >= 0.6 is 0 Å². The van der Waals surface area contributed by atoms with Crippen LogP contribution in [0, 0.1) is 0 Å². The molecule has 0 heterocycles. The van der Waals surface area contributed by atoms with Gasteiger partial charge in [0.1, 0.15) is 0 Å². The van der Waals surface area contributed by atoms with Gasteiger partial charge in [-0.2, -0.15) is 0 Å². The maximum absolute atomic E-state index is 2.46. The molecule has 0 saturated heterocycles. The lowest BCUT2D eigenvalue weighted by Gasteiger charge is -2.02. The van der Waals surface area contributed by atoms with Crippen LogP contribution in [0.5, 0.6) is 0 Å². The Hall–Kier alpha value is 0.250. The fourth-order valence-electron chi connectivity index (χ4n) is 2.12. The maximum atomic E-state index is 2.46. The van der Waals surface area contributed by atoms with Gasteiger partial charge in [-0.25, -0.2) is 0 Å². The summed E-state index contributed by atoms with van der Waals surface area (Å²) in [6.07, 6.45) is 15.8. The fourth-order valence-corrected chi connectivity index (χ4v) is 2.12. The van der Waals surface area contributed by atoms with E-state index < -0.39 is 0 Å². The lowest BCUT2D eigenvalue weighted by molar-refractivity contribution is -0.655. The van der Waals surface area contributed by atoms with Crippen molar-refractivity contribution in [1.29, 1.82) is 0 Å². The molecule has 0 aliphatic heterocycles. The largest absolute Gasteiger partial charge is 1.00 e. The van der Waals surface area contributed by atoms with E-state index in [0.717, 1.165) is 0 Å². The second kappa shape index (κ2) is 18.6. The molecule has 0 aromatic heterocycles. The van der Waals surface area contributed by atoms with Crippen molar-refractivity contribution >= 4 is 0 Å². The van der Waals surface area contributed by atoms with Crippen molar-refractivity contribution in [3.05, 3.63) is 0 Å². The van der Waals surface area contributed by atoms with Gasteiger partial charge >= 0.3 is 0 Å². The average Bonchev–Trinajstić information content (AvgIpc) is 2.31. The first-order valence-electron chi connectivity index (χ1n) is 7.73. The van der Waals surface area contributed by atoms with Crippen LogP contribution in [0.25, 0.3) is 0 Å². The van der Waals surface area contributed by atoms with E-state index in [-0.39, 0.29) is 12.4 Å². The fraction of sp³-hybridized carbons (Fsp3) is 1.00. The van der Waals surface area contributed by atoms with Crippen molar-refractivity contribution in [2.24, 2.45) is 0 Å². The van der Waals surface area contributed by atoms with E-state index in [9.17, 15) is 0 Å². The van der Waals surface area contributed by atoms with Crippen molar-refractivity contribution in [2.45, 2.75) is 84.5 Å². The highest BCUT2D eigenvalue weighted by Gasteiger charge is 1.93. The highest BCUT2D eigenvalue weighted by Crippen LogP contribution is 2.09. The minimum absolute atomic E-state index is 0. The van der Waals surface area contributed by atoms with Gasteiger partial charge in [-0.05, 0) is 19.3 Å². The van der Waals surface area contributed by atoms with Crippen molar-refractivity contribution in [1.82, 2.24) is 0 Å². The smallest absolute Gasteiger partial charge is 0.0755 e. The second-order valence-corrected chi connectivity index (χ2v) is 5.05. The molecule has 17 heavy (non-hydrogen) atoms. The molecule has 2 heteroatoms. The monoisotopic (exact) mass is 263 g/mol. The van der Waals surface area contributed by atoms with Gasteiger partial charge in [0, 0.05) is 0 Å². The number of hydrogen-bond acceptors (Lipinski definition) is 0. The summed E-state index contributed by atoms with van der Waals surface area (Å²) in [5.41, 5.74) is 0. The van der Waals surface area contributed by atoms with Crippen LogP contribution in [0.4, 0.5) is 0 Å². The Labute approximate surface area is 116 Å². The minimum atomic E-state index is 0. The zero-order chi connectivity index (χ0) is 11.9. The summed E-state index contributed by atoms with van der Waals surface area (Å²) >= 11 is 0. The Balaban J connectivity index is 0. The van der Waals surface area contributed by atoms with Gasteiger partial charge in [-0.3, -0.25) is 0 Å². The summed E-state index contributed by atoms with van der Waals surface area (Å²) in [6, 6.07) is 0. The SMILES string of the molecule is CCCCCCCCCCCC[NH2+]CCC.[Cl-]. The Bertz CT molecular complexity index is 103. The molecule has 0 aromatic carbocycles. The van der Waals surface area contributed by atoms with Gasteiger partial charge in [0.15, 0.2) is 0 Å². The predicted octanol–water partition coefficient (Wildman–Crippen LogP) is 0.885. The van der Waals surface area contributed by atoms with Crippen LogP contribution < -0.4 is 17.7 Å². The van der Waals surface area contributed by atoms with Crippen molar-refractivity contribution < 1.29 is 17.7 Å². The summed E-state index contributed by atoms with van der Waals surface area (Å²) in [5, 5.41) is 2.46. The first-order valence-corrected chi connectivity index (χ1v) is 7.73. The third-order valence-corrected chi connectivity index (χ3v) is 3.25. The van der Waals surface area contributed by atoms with Gasteiger partial charge in [0.05, 0.1) is 13.1 Å². The lowest BCUT2D eigenvalue weighted by atomic mass is 10.1. The molecule has 0 unspecified atom stereocenters. The number of nitrogens with two attached hydrogens (primary N) is 1. The van der Waals surface area contributed by atoms with Crippen LogP contribution in [0.3, 0.4) is 0 Å². The van der Waals surface area contributed by atoms with E-state index in [1.54, 1.807) is 0 Å². The standard InChI is InChI=1S/C15H33N.ClH/c1-3-5-6-7-8-9-10-11-12-13-15-16-14-4-2;/h16H,3-15H2,1-2H3;1H. The molecule has 0 fully saturated rings. The van der Waals surface area contributed by atoms with Crippen molar-refractivity contribution in [3.8, 4) is 0 Å². The number of quaternary nitrogens is 1. The van der Waals surface area contributed by atoms with Gasteiger partial charge in [0.25, 0.3) is 0 Å². The molecule has 0 amide bonds. The summed E-state index contributed by atoms with van der Waals surface area (Å²) in [5.74, 6) is 0. The molecule has 0 rings (SSSR count). The predicted molar refractivity (Wildman–Crippen MR) is 73.8 cm³/mol. The van der Waals surface area contributed by atoms with Crippen LogP contribution in [0.2, 0.25) is 0 Å². The van der Waals surface area contributed by atoms with E-state index in [1.165, 1.54) is 83.7 Å². The molecule has 0 atom stereocenters. The zero-order valence-electron chi connectivity index (χ0n) is 12.1. The van der Waals surface area contributed by atoms with Crippen LogP contribution in [0.15, 0.2) is 0 Å². The molecule has 0 spiro atoms. The molecule has 0 bridgehead atoms. The van der Waals surface area contributed by atoms with Gasteiger partial charge in [-0.1, -0.05) is 65.2 Å². The number of unbranched alkanes of at least 4 members (excludes halogenated alkanes) is 9. The Morgan fingerprint density at radius 2 is 1.00 bits per heavy atom. The van der Waals surface area contributed by atoms with Crippen molar-refractivity contribution in [3.63, 3.8) is 0 Å². The van der Waals surface area contributed by atoms with E-state index >= 15 is 0 Å². The molecular weight excluding hydrogens is 230 g/mol. The van der Waals surface area contributed by atoms with Crippen LogP contribution in [0.1, 0.15) is 84.5 Å². The Morgan fingerprint density at radius 3 is 1.47 bits per heavy atom. The minimum Gasteiger partial charge on any atom is -1.00 e. The first-order chi connectivity index (χ1) is 7.91. The number of hydrogen-bond donors (Lipinski definition) is 1. The molecule has 0 aliphatic rings. The third kappa shape index (κ3) is 18.8. The molecular formula is C15H34ClN. The topological polar surface area (TPSA) is 16.6 Å². The van der Waals surface area contributed by atoms with E-state index in [4.69, 9.17) is 0 Å². The molecule has 0 aliphatic carbocycles. The highest BCUT2D eigenvalue weighted by atomic mass is 35.5. The average molecular weight is 264 g/mol. The summed E-state index contributed by atoms with van der Waals surface area (Å²) < 4.78 is 0. The molecule has 2 N–H and O–H groups in total. The van der Waals surface area contributed by atoms with Crippen LogP contribution in [-0.4, -0.2) is 13.1 Å². The number of halogens is 1. The highest BCUT2D eigenvalue weighted by molar-refractivity contribution is 4.46. The Kier molecular flexibility index (Phi) is 21.4. The Morgan fingerprint density at radius 1 is 0.529 bits per heavy atom. The molecule has 0 saturated carbocycles. The van der Waals surface area contributed by atoms with E-state index in [0.29, 0.717) is 0 Å².